The third-order valence-corrected chi connectivity index (χ3v) is 4.91. The van der Waals surface area contributed by atoms with E-state index in [-0.39, 0.29) is 11.6 Å². The van der Waals surface area contributed by atoms with Crippen LogP contribution >= 0.6 is 0 Å². The number of ether oxygens (including phenoxy) is 1. The molecule has 3 rings (SSSR count). The molecular weight excluding hydrogens is 362 g/mol. The van der Waals surface area contributed by atoms with E-state index in [4.69, 9.17) is 4.74 Å². The normalized spacial score (nSPS) is 17.1. The summed E-state index contributed by atoms with van der Waals surface area (Å²) in [4.78, 5) is 53.2. The molecule has 1 saturated heterocycles. The number of carbonyl (C=O) groups excluding carboxylic acids is 4. The highest BCUT2D eigenvalue weighted by atomic mass is 16.5. The van der Waals surface area contributed by atoms with Gasteiger partial charge in [0, 0.05) is 12.2 Å². The number of hydrogen-bond donors (Lipinski definition) is 0. The van der Waals surface area contributed by atoms with Gasteiger partial charge in [-0.1, -0.05) is 6.08 Å². The lowest BCUT2D eigenvalue weighted by Crippen LogP contribution is -2.43. The van der Waals surface area contributed by atoms with Crippen molar-refractivity contribution in [2.75, 3.05) is 25.1 Å². The van der Waals surface area contributed by atoms with Crippen molar-refractivity contribution in [3.05, 3.63) is 36.0 Å². The maximum absolute atomic E-state index is 12.7. The van der Waals surface area contributed by atoms with Crippen LogP contribution in [0.5, 0.6) is 5.75 Å². The Balaban J connectivity index is 1.77. The second-order valence-corrected chi connectivity index (χ2v) is 6.59. The van der Waals surface area contributed by atoms with Gasteiger partial charge in [0.2, 0.25) is 5.91 Å². The Hall–Kier alpha value is -3.16. The highest BCUT2D eigenvalue weighted by Gasteiger charge is 2.46. The molecule has 8 nitrogen and oxygen atoms in total. The molecule has 8 heteroatoms. The maximum atomic E-state index is 12.7. The minimum absolute atomic E-state index is 0.251. The van der Waals surface area contributed by atoms with Gasteiger partial charge in [0.1, 0.15) is 12.3 Å². The van der Waals surface area contributed by atoms with Gasteiger partial charge in [0.15, 0.2) is 0 Å². The van der Waals surface area contributed by atoms with Crippen molar-refractivity contribution in [3.63, 3.8) is 0 Å². The molecule has 0 radical (unpaired) electrons. The average molecular weight is 385 g/mol. The van der Waals surface area contributed by atoms with E-state index in [1.165, 1.54) is 19.2 Å². The average Bonchev–Trinajstić information content (AvgIpc) is 2.93. The van der Waals surface area contributed by atoms with E-state index < -0.39 is 24.4 Å². The third-order valence-electron chi connectivity index (χ3n) is 4.91. The molecule has 148 valence electrons. The number of methoxy groups -OCH3 is 1. The lowest BCUT2D eigenvalue weighted by atomic mass is 10.0. The number of urea groups is 1. The van der Waals surface area contributed by atoms with Crippen LogP contribution in [0.2, 0.25) is 0 Å². The summed E-state index contributed by atoms with van der Waals surface area (Å²) in [6, 6.07) is 5.38. The second kappa shape index (κ2) is 8.24. The Labute approximate surface area is 163 Å². The van der Waals surface area contributed by atoms with Crippen molar-refractivity contribution in [1.29, 1.82) is 0 Å². The van der Waals surface area contributed by atoms with E-state index in [9.17, 15) is 19.2 Å². The highest BCUT2D eigenvalue weighted by Crippen LogP contribution is 2.25. The van der Waals surface area contributed by atoms with Crippen LogP contribution < -0.4 is 9.64 Å². The van der Waals surface area contributed by atoms with E-state index in [0.717, 1.165) is 36.3 Å². The molecule has 0 atom stereocenters. The molecule has 1 aromatic carbocycles. The molecule has 5 amide bonds. The summed E-state index contributed by atoms with van der Waals surface area (Å²) in [5, 5.41) is 0. The molecule has 0 unspecified atom stereocenters. The summed E-state index contributed by atoms with van der Waals surface area (Å²) < 4.78 is 5.06. The van der Waals surface area contributed by atoms with Crippen LogP contribution in [-0.4, -0.2) is 53.8 Å². The number of rotatable bonds is 6. The predicted molar refractivity (Wildman–Crippen MR) is 102 cm³/mol. The topological polar surface area (TPSA) is 87.2 Å². The smallest absolute Gasteiger partial charge is 0.339 e. The lowest BCUT2D eigenvalue weighted by molar-refractivity contribution is -0.141. The van der Waals surface area contributed by atoms with Crippen LogP contribution in [-0.2, 0) is 14.4 Å². The minimum atomic E-state index is -0.997. The zero-order chi connectivity index (χ0) is 20.3. The number of allylic oxidation sites excluding steroid dienone is 2. The monoisotopic (exact) mass is 385 g/mol. The van der Waals surface area contributed by atoms with Gasteiger partial charge in [0.25, 0.3) is 0 Å². The predicted octanol–water partition coefficient (Wildman–Crippen LogP) is 2.30. The van der Waals surface area contributed by atoms with Crippen molar-refractivity contribution in [1.82, 2.24) is 9.80 Å². The van der Waals surface area contributed by atoms with Crippen molar-refractivity contribution in [2.24, 2.45) is 0 Å². The third kappa shape index (κ3) is 3.62. The number of amides is 5. The number of hydrogen-bond acceptors (Lipinski definition) is 5. The number of imide groups is 2. The van der Waals surface area contributed by atoms with E-state index in [0.29, 0.717) is 17.2 Å². The van der Waals surface area contributed by atoms with Gasteiger partial charge in [-0.25, -0.2) is 14.6 Å². The molecule has 0 bridgehead atoms. The molecule has 0 saturated carbocycles. The fourth-order valence-electron chi connectivity index (χ4n) is 3.43. The van der Waals surface area contributed by atoms with Crippen LogP contribution in [0.1, 0.15) is 32.6 Å². The summed E-state index contributed by atoms with van der Waals surface area (Å²) in [7, 11) is 1.50. The standard InChI is InChI=1S/C20H23N3O5/c1-3-21(14-7-5-4-6-8-14)17(24)13-22-18(25)19(26)23(20(22)27)15-9-11-16(28-2)12-10-15/h7,9-12H,3-6,8,13H2,1-2H3. The van der Waals surface area contributed by atoms with Gasteiger partial charge in [-0.2, -0.15) is 0 Å². The molecule has 0 aromatic heterocycles. The molecule has 2 aliphatic rings. The summed E-state index contributed by atoms with van der Waals surface area (Å²) in [5.41, 5.74) is 1.16. The summed E-state index contributed by atoms with van der Waals surface area (Å²) in [6.07, 6.45) is 5.81. The van der Waals surface area contributed by atoms with Gasteiger partial charge < -0.3 is 9.64 Å². The van der Waals surface area contributed by atoms with Crippen molar-refractivity contribution >= 4 is 29.4 Å². The molecule has 1 aliphatic carbocycles. The van der Waals surface area contributed by atoms with Gasteiger partial charge in [-0.05, 0) is 56.9 Å². The minimum Gasteiger partial charge on any atom is -0.497 e. The van der Waals surface area contributed by atoms with Gasteiger partial charge in [-0.3, -0.25) is 14.4 Å². The van der Waals surface area contributed by atoms with E-state index >= 15 is 0 Å². The largest absolute Gasteiger partial charge is 0.497 e. The molecule has 0 N–H and O–H groups in total. The number of anilines is 1. The first-order valence-corrected chi connectivity index (χ1v) is 9.31. The van der Waals surface area contributed by atoms with Gasteiger partial charge >= 0.3 is 17.8 Å². The van der Waals surface area contributed by atoms with Crippen LogP contribution in [0.15, 0.2) is 36.0 Å². The summed E-state index contributed by atoms with van der Waals surface area (Å²) in [6.45, 7) is 1.83. The Bertz CT molecular complexity index is 831. The summed E-state index contributed by atoms with van der Waals surface area (Å²) in [5.74, 6) is -1.78. The van der Waals surface area contributed by atoms with Crippen LogP contribution in [0, 0.1) is 0 Å². The van der Waals surface area contributed by atoms with Crippen molar-refractivity contribution in [2.45, 2.75) is 32.6 Å². The maximum Gasteiger partial charge on any atom is 0.339 e. The molecule has 28 heavy (non-hydrogen) atoms. The fraction of sp³-hybridized carbons (Fsp3) is 0.400. The Kier molecular flexibility index (Phi) is 5.77. The van der Waals surface area contributed by atoms with Crippen LogP contribution in [0.3, 0.4) is 0 Å². The molecule has 0 spiro atoms. The van der Waals surface area contributed by atoms with Crippen LogP contribution in [0.4, 0.5) is 10.5 Å². The van der Waals surface area contributed by atoms with E-state index in [1.54, 1.807) is 17.0 Å². The summed E-state index contributed by atoms with van der Waals surface area (Å²) >= 11 is 0. The molecular formula is C20H23N3O5. The molecule has 1 heterocycles. The zero-order valence-electron chi connectivity index (χ0n) is 16.0. The molecule has 1 aliphatic heterocycles. The number of likely N-dealkylation sites (N-methyl/N-ethyl adjacent to an activating group) is 1. The number of nitrogens with zero attached hydrogens (tertiary/aromatic N) is 3. The highest BCUT2D eigenvalue weighted by molar-refractivity contribution is 6.53. The zero-order valence-corrected chi connectivity index (χ0v) is 16.0. The first-order valence-electron chi connectivity index (χ1n) is 9.31. The quantitative estimate of drug-likeness (QED) is 0.554. The SMILES string of the molecule is CCN(C(=O)CN1C(=O)C(=O)N(c2ccc(OC)cc2)C1=O)C1=CCCCC1. The number of carbonyl (C=O) groups is 4. The van der Waals surface area contributed by atoms with Crippen LogP contribution in [0.25, 0.3) is 0 Å². The molecule has 1 fully saturated rings. The first kappa shape index (κ1) is 19.6. The Morgan fingerprint density at radius 1 is 1.11 bits per heavy atom. The first-order chi connectivity index (χ1) is 13.5. The fourth-order valence-corrected chi connectivity index (χ4v) is 3.43. The molecule has 1 aromatic rings. The lowest BCUT2D eigenvalue weighted by Gasteiger charge is -2.27. The Morgan fingerprint density at radius 3 is 2.39 bits per heavy atom. The van der Waals surface area contributed by atoms with Crippen molar-refractivity contribution < 1.29 is 23.9 Å². The second-order valence-electron chi connectivity index (χ2n) is 6.59. The van der Waals surface area contributed by atoms with Crippen molar-refractivity contribution in [3.8, 4) is 5.75 Å². The van der Waals surface area contributed by atoms with Gasteiger partial charge in [0.05, 0.1) is 12.8 Å². The van der Waals surface area contributed by atoms with E-state index in [2.05, 4.69) is 0 Å². The Morgan fingerprint density at radius 2 is 1.82 bits per heavy atom. The number of benzene rings is 1. The van der Waals surface area contributed by atoms with E-state index in [1.807, 2.05) is 13.0 Å². The van der Waals surface area contributed by atoms with Gasteiger partial charge in [-0.15, -0.1) is 0 Å².